The fraction of sp³-hybridized carbons (Fsp3) is 0.611. The predicted molar refractivity (Wildman–Crippen MR) is 85.3 cm³/mol. The van der Waals surface area contributed by atoms with Gasteiger partial charge in [0.2, 0.25) is 0 Å². The Balaban J connectivity index is 1.91. The lowest BCUT2D eigenvalue weighted by atomic mass is 9.92. The zero-order valence-electron chi connectivity index (χ0n) is 13.0. The van der Waals surface area contributed by atoms with Crippen LogP contribution < -0.4 is 5.32 Å². The molecule has 21 heavy (non-hydrogen) atoms. The quantitative estimate of drug-likeness (QED) is 0.784. The summed E-state index contributed by atoms with van der Waals surface area (Å²) < 4.78 is 0. The van der Waals surface area contributed by atoms with Gasteiger partial charge in [0.15, 0.2) is 0 Å². The molecule has 1 aromatic carbocycles. The van der Waals surface area contributed by atoms with E-state index in [-0.39, 0.29) is 6.42 Å². The topological polar surface area (TPSA) is 49.3 Å². The number of hydrogen-bond donors (Lipinski definition) is 2. The Morgan fingerprint density at radius 3 is 2.43 bits per heavy atom. The Kier molecular flexibility index (Phi) is 6.24. The first kappa shape index (κ1) is 16.0. The maximum absolute atomic E-state index is 10.9. The molecule has 2 rings (SSSR count). The molecule has 1 aliphatic carbocycles. The van der Waals surface area contributed by atoms with Gasteiger partial charge < -0.3 is 10.4 Å². The van der Waals surface area contributed by atoms with E-state index in [9.17, 15) is 4.79 Å². The van der Waals surface area contributed by atoms with E-state index >= 15 is 0 Å². The highest BCUT2D eigenvalue weighted by Gasteiger charge is 2.18. The van der Waals surface area contributed by atoms with Crippen LogP contribution in [-0.4, -0.2) is 17.1 Å². The summed E-state index contributed by atoms with van der Waals surface area (Å²) in [7, 11) is 0. The van der Waals surface area contributed by atoms with Gasteiger partial charge in [-0.15, -0.1) is 0 Å². The van der Waals surface area contributed by atoms with Gasteiger partial charge in [-0.05, 0) is 36.8 Å². The van der Waals surface area contributed by atoms with E-state index in [1.165, 1.54) is 38.5 Å². The van der Waals surface area contributed by atoms with E-state index in [2.05, 4.69) is 12.2 Å². The number of hydrogen-bond acceptors (Lipinski definition) is 2. The van der Waals surface area contributed by atoms with E-state index in [1.54, 1.807) is 0 Å². The first-order valence-electron chi connectivity index (χ1n) is 8.19. The molecule has 2 N–H and O–H groups in total. The summed E-state index contributed by atoms with van der Waals surface area (Å²) in [6.45, 7) is 3.04. The second kappa shape index (κ2) is 8.18. The van der Waals surface area contributed by atoms with Crippen molar-refractivity contribution in [3.05, 3.63) is 35.4 Å². The van der Waals surface area contributed by atoms with Crippen LogP contribution in [0.1, 0.15) is 56.6 Å². The third-order valence-corrected chi connectivity index (χ3v) is 4.68. The van der Waals surface area contributed by atoms with Gasteiger partial charge in [0.25, 0.3) is 0 Å². The predicted octanol–water partition coefficient (Wildman–Crippen LogP) is 3.76. The SMILES string of the molecule is C[C@H](NCc1ccccc1CC(=O)O)C1CCCCCC1. The van der Waals surface area contributed by atoms with Crippen LogP contribution in [0.2, 0.25) is 0 Å². The summed E-state index contributed by atoms with van der Waals surface area (Å²) in [6.07, 6.45) is 8.22. The van der Waals surface area contributed by atoms with Crippen molar-refractivity contribution in [2.45, 2.75) is 64.5 Å². The highest BCUT2D eigenvalue weighted by Crippen LogP contribution is 2.25. The Labute approximate surface area is 127 Å². The molecule has 0 amide bonds. The lowest BCUT2D eigenvalue weighted by molar-refractivity contribution is -0.136. The highest BCUT2D eigenvalue weighted by molar-refractivity contribution is 5.70. The zero-order valence-corrected chi connectivity index (χ0v) is 13.0. The molecule has 0 aromatic heterocycles. The van der Waals surface area contributed by atoms with Crippen LogP contribution in [0.15, 0.2) is 24.3 Å². The average Bonchev–Trinajstić information content (AvgIpc) is 2.74. The first-order chi connectivity index (χ1) is 10.2. The van der Waals surface area contributed by atoms with Crippen LogP contribution in [0, 0.1) is 5.92 Å². The summed E-state index contributed by atoms with van der Waals surface area (Å²) in [5.74, 6) is -0.00148. The fourth-order valence-electron chi connectivity index (χ4n) is 3.31. The van der Waals surface area contributed by atoms with Crippen LogP contribution in [0.25, 0.3) is 0 Å². The lowest BCUT2D eigenvalue weighted by Gasteiger charge is -2.24. The number of rotatable bonds is 6. The molecule has 3 nitrogen and oxygen atoms in total. The van der Waals surface area contributed by atoms with Crippen molar-refractivity contribution in [3.63, 3.8) is 0 Å². The Bertz CT molecular complexity index is 450. The van der Waals surface area contributed by atoms with E-state index in [0.717, 1.165) is 23.6 Å². The number of carboxylic acids is 1. The summed E-state index contributed by atoms with van der Waals surface area (Å²) in [5, 5.41) is 12.6. The van der Waals surface area contributed by atoms with Crippen molar-refractivity contribution in [2.24, 2.45) is 5.92 Å². The summed E-state index contributed by atoms with van der Waals surface area (Å²) in [6, 6.07) is 8.35. The van der Waals surface area contributed by atoms with Crippen molar-refractivity contribution in [1.29, 1.82) is 0 Å². The molecule has 1 atom stereocenters. The van der Waals surface area contributed by atoms with Gasteiger partial charge in [-0.1, -0.05) is 49.9 Å². The molecule has 1 aliphatic rings. The van der Waals surface area contributed by atoms with Crippen LogP contribution >= 0.6 is 0 Å². The van der Waals surface area contributed by atoms with Crippen LogP contribution in [0.4, 0.5) is 0 Å². The lowest BCUT2D eigenvalue weighted by Crippen LogP contribution is -2.33. The number of carboxylic acid groups (broad SMARTS) is 1. The van der Waals surface area contributed by atoms with Crippen molar-refractivity contribution in [2.75, 3.05) is 0 Å². The fourth-order valence-corrected chi connectivity index (χ4v) is 3.31. The van der Waals surface area contributed by atoms with Crippen LogP contribution in [-0.2, 0) is 17.8 Å². The van der Waals surface area contributed by atoms with Gasteiger partial charge >= 0.3 is 5.97 Å². The molecule has 116 valence electrons. The Hall–Kier alpha value is -1.35. The van der Waals surface area contributed by atoms with E-state index in [0.29, 0.717) is 6.04 Å². The van der Waals surface area contributed by atoms with Crippen molar-refractivity contribution < 1.29 is 9.90 Å². The smallest absolute Gasteiger partial charge is 0.307 e. The van der Waals surface area contributed by atoms with E-state index in [1.807, 2.05) is 24.3 Å². The van der Waals surface area contributed by atoms with E-state index in [4.69, 9.17) is 5.11 Å². The van der Waals surface area contributed by atoms with Crippen LogP contribution in [0.5, 0.6) is 0 Å². The van der Waals surface area contributed by atoms with E-state index < -0.39 is 5.97 Å². The summed E-state index contributed by atoms with van der Waals surface area (Å²) >= 11 is 0. The van der Waals surface area contributed by atoms with Gasteiger partial charge in [-0.25, -0.2) is 0 Å². The standard InChI is InChI=1S/C18H27NO2/c1-14(15-8-4-2-3-5-9-15)19-13-17-11-7-6-10-16(17)12-18(20)21/h6-7,10-11,14-15,19H,2-5,8-9,12-13H2,1H3,(H,20,21)/t14-/m0/s1. The molecule has 0 radical (unpaired) electrons. The molecular weight excluding hydrogens is 262 g/mol. The van der Waals surface area contributed by atoms with Gasteiger partial charge in [0.05, 0.1) is 6.42 Å². The number of benzene rings is 1. The maximum atomic E-state index is 10.9. The van der Waals surface area contributed by atoms with Gasteiger partial charge in [0.1, 0.15) is 0 Å². The minimum absolute atomic E-state index is 0.107. The van der Waals surface area contributed by atoms with Crippen molar-refractivity contribution in [3.8, 4) is 0 Å². The third-order valence-electron chi connectivity index (χ3n) is 4.68. The molecule has 1 fully saturated rings. The maximum Gasteiger partial charge on any atom is 0.307 e. The minimum atomic E-state index is -0.765. The Morgan fingerprint density at radius 1 is 1.19 bits per heavy atom. The second-order valence-electron chi connectivity index (χ2n) is 6.26. The monoisotopic (exact) mass is 289 g/mol. The van der Waals surface area contributed by atoms with Crippen molar-refractivity contribution >= 4 is 5.97 Å². The third kappa shape index (κ3) is 5.16. The number of aliphatic carboxylic acids is 1. The number of nitrogens with one attached hydrogen (secondary N) is 1. The summed E-state index contributed by atoms with van der Waals surface area (Å²) in [5.41, 5.74) is 2.03. The molecule has 0 spiro atoms. The normalized spacial score (nSPS) is 18.1. The molecular formula is C18H27NO2. The zero-order chi connectivity index (χ0) is 15.1. The molecule has 0 aliphatic heterocycles. The second-order valence-corrected chi connectivity index (χ2v) is 6.26. The van der Waals surface area contributed by atoms with Gasteiger partial charge in [-0.3, -0.25) is 4.79 Å². The van der Waals surface area contributed by atoms with Crippen LogP contribution in [0.3, 0.4) is 0 Å². The largest absolute Gasteiger partial charge is 0.481 e. The molecule has 1 saturated carbocycles. The highest BCUT2D eigenvalue weighted by atomic mass is 16.4. The first-order valence-corrected chi connectivity index (χ1v) is 8.19. The Morgan fingerprint density at radius 2 is 1.81 bits per heavy atom. The minimum Gasteiger partial charge on any atom is -0.481 e. The molecule has 0 saturated heterocycles. The molecule has 0 unspecified atom stereocenters. The van der Waals surface area contributed by atoms with Gasteiger partial charge in [-0.2, -0.15) is 0 Å². The average molecular weight is 289 g/mol. The number of carbonyl (C=O) groups is 1. The van der Waals surface area contributed by atoms with Gasteiger partial charge in [0, 0.05) is 12.6 Å². The molecule has 3 heteroatoms. The molecule has 0 bridgehead atoms. The summed E-state index contributed by atoms with van der Waals surface area (Å²) in [4.78, 5) is 10.9. The van der Waals surface area contributed by atoms with Crippen molar-refractivity contribution in [1.82, 2.24) is 5.32 Å². The molecule has 1 aromatic rings. The molecule has 0 heterocycles.